The van der Waals surface area contributed by atoms with Crippen molar-refractivity contribution < 1.29 is 13.9 Å². The molecule has 0 saturated heterocycles. The number of furan rings is 1. The van der Waals surface area contributed by atoms with Gasteiger partial charge < -0.3 is 25.1 Å². The van der Waals surface area contributed by atoms with Crippen LogP contribution in [0, 0.1) is 5.92 Å². The van der Waals surface area contributed by atoms with Crippen LogP contribution in [0.15, 0.2) is 58.1 Å². The van der Waals surface area contributed by atoms with Crippen molar-refractivity contribution in [1.29, 1.82) is 0 Å². The maximum Gasteiger partial charge on any atom is 0.287 e. The van der Waals surface area contributed by atoms with E-state index in [9.17, 15) is 4.79 Å². The Morgan fingerprint density at radius 1 is 1.11 bits per heavy atom. The molecule has 0 aliphatic rings. The Hall–Kier alpha value is -2.80. The van der Waals surface area contributed by atoms with Crippen molar-refractivity contribution in [3.8, 4) is 0 Å². The summed E-state index contributed by atoms with van der Waals surface area (Å²) in [6.07, 6.45) is 1.48. The molecule has 0 saturated carbocycles. The summed E-state index contributed by atoms with van der Waals surface area (Å²) in [7, 11) is 1.72. The zero-order valence-electron chi connectivity index (χ0n) is 15.9. The van der Waals surface area contributed by atoms with Gasteiger partial charge in [-0.1, -0.05) is 37.3 Å². The molecule has 1 unspecified atom stereocenters. The van der Waals surface area contributed by atoms with Crippen LogP contribution in [0.2, 0.25) is 0 Å². The number of nitrogens with zero attached hydrogens (tertiary/aromatic N) is 1. The number of carbonyl (C=O) groups excluding carboxylic acids is 1. The Morgan fingerprint density at radius 2 is 1.89 bits per heavy atom. The normalized spacial score (nSPS) is 12.4. The van der Waals surface area contributed by atoms with Crippen molar-refractivity contribution in [2.45, 2.75) is 13.5 Å². The second-order valence-corrected chi connectivity index (χ2v) is 6.22. The molecule has 0 aliphatic carbocycles. The van der Waals surface area contributed by atoms with Gasteiger partial charge in [-0.2, -0.15) is 0 Å². The van der Waals surface area contributed by atoms with Crippen LogP contribution in [0.1, 0.15) is 23.0 Å². The van der Waals surface area contributed by atoms with Crippen molar-refractivity contribution in [3.05, 3.63) is 60.1 Å². The Morgan fingerprint density at radius 3 is 2.59 bits per heavy atom. The van der Waals surface area contributed by atoms with Crippen molar-refractivity contribution in [1.82, 2.24) is 16.0 Å². The van der Waals surface area contributed by atoms with Gasteiger partial charge in [0, 0.05) is 26.7 Å². The quantitative estimate of drug-likeness (QED) is 0.337. The summed E-state index contributed by atoms with van der Waals surface area (Å²) in [6.45, 7) is 5.18. The van der Waals surface area contributed by atoms with Gasteiger partial charge in [-0.05, 0) is 23.6 Å². The Kier molecular flexibility index (Phi) is 8.92. The Labute approximate surface area is 160 Å². The summed E-state index contributed by atoms with van der Waals surface area (Å²) in [5, 5.41) is 9.20. The second-order valence-electron chi connectivity index (χ2n) is 6.22. The second kappa shape index (κ2) is 11.7. The molecule has 7 heteroatoms. The monoisotopic (exact) mass is 372 g/mol. The van der Waals surface area contributed by atoms with E-state index in [0.717, 1.165) is 6.54 Å². The molecule has 1 aromatic heterocycles. The van der Waals surface area contributed by atoms with E-state index in [1.807, 2.05) is 18.2 Å². The molecular formula is C20H28N4O3. The van der Waals surface area contributed by atoms with E-state index in [0.29, 0.717) is 43.9 Å². The number of amides is 1. The van der Waals surface area contributed by atoms with Gasteiger partial charge in [0.2, 0.25) is 0 Å². The van der Waals surface area contributed by atoms with Crippen LogP contribution < -0.4 is 16.0 Å². The number of benzene rings is 1. The number of aliphatic imine (C=N–C) groups is 1. The predicted octanol–water partition coefficient (Wildman–Crippen LogP) is 2.03. The number of ether oxygens (including phenoxy) is 1. The maximum absolute atomic E-state index is 11.7. The average molecular weight is 372 g/mol. The summed E-state index contributed by atoms with van der Waals surface area (Å²) in [5.74, 6) is 1.11. The molecule has 146 valence electrons. The van der Waals surface area contributed by atoms with Gasteiger partial charge in [0.1, 0.15) is 0 Å². The van der Waals surface area contributed by atoms with E-state index >= 15 is 0 Å². The van der Waals surface area contributed by atoms with E-state index in [2.05, 4.69) is 40.0 Å². The standard InChI is InChI=1S/C20H28N4O3/c1-16(14-26-15-17-7-4-3-5-8-17)13-24-20(21-2)23-11-10-22-19(25)18-9-6-12-27-18/h3-9,12,16H,10-11,13-15H2,1-2H3,(H,22,25)(H2,21,23,24). The van der Waals surface area contributed by atoms with Crippen LogP contribution in [0.3, 0.4) is 0 Å². The third-order valence-electron chi connectivity index (χ3n) is 3.80. The highest BCUT2D eigenvalue weighted by molar-refractivity contribution is 5.91. The molecule has 1 heterocycles. The van der Waals surface area contributed by atoms with Gasteiger partial charge in [0.15, 0.2) is 11.7 Å². The third-order valence-corrected chi connectivity index (χ3v) is 3.80. The molecule has 2 aromatic rings. The highest BCUT2D eigenvalue weighted by Crippen LogP contribution is 2.03. The lowest BCUT2D eigenvalue weighted by Gasteiger charge is -2.16. The van der Waals surface area contributed by atoms with Gasteiger partial charge in [0.05, 0.1) is 19.5 Å². The van der Waals surface area contributed by atoms with Crippen LogP contribution in [0.5, 0.6) is 0 Å². The Bertz CT molecular complexity index is 687. The fraction of sp³-hybridized carbons (Fsp3) is 0.400. The summed E-state index contributed by atoms with van der Waals surface area (Å²) < 4.78 is 10.8. The van der Waals surface area contributed by atoms with E-state index in [1.165, 1.54) is 11.8 Å². The molecule has 0 radical (unpaired) electrons. The first-order valence-electron chi connectivity index (χ1n) is 9.07. The molecule has 7 nitrogen and oxygen atoms in total. The van der Waals surface area contributed by atoms with E-state index < -0.39 is 0 Å². The van der Waals surface area contributed by atoms with Crippen molar-refractivity contribution in [2.24, 2.45) is 10.9 Å². The van der Waals surface area contributed by atoms with Crippen molar-refractivity contribution in [3.63, 3.8) is 0 Å². The van der Waals surface area contributed by atoms with Crippen LogP contribution in [-0.2, 0) is 11.3 Å². The number of carbonyl (C=O) groups is 1. The smallest absolute Gasteiger partial charge is 0.287 e. The molecule has 1 amide bonds. The summed E-state index contributed by atoms with van der Waals surface area (Å²) in [6, 6.07) is 13.4. The molecule has 1 aromatic carbocycles. The molecule has 2 rings (SSSR count). The lowest BCUT2D eigenvalue weighted by atomic mass is 10.2. The summed E-state index contributed by atoms with van der Waals surface area (Å²) in [4.78, 5) is 15.9. The zero-order chi connectivity index (χ0) is 19.3. The van der Waals surface area contributed by atoms with Crippen LogP contribution >= 0.6 is 0 Å². The molecule has 1 atom stereocenters. The number of hydrogen-bond donors (Lipinski definition) is 3. The topological polar surface area (TPSA) is 87.9 Å². The van der Waals surface area contributed by atoms with Crippen molar-refractivity contribution in [2.75, 3.05) is 33.3 Å². The minimum atomic E-state index is -0.228. The van der Waals surface area contributed by atoms with Crippen LogP contribution in [0.4, 0.5) is 0 Å². The molecule has 0 spiro atoms. The fourth-order valence-electron chi connectivity index (χ4n) is 2.35. The fourth-order valence-corrected chi connectivity index (χ4v) is 2.35. The Balaban J connectivity index is 1.55. The van der Waals surface area contributed by atoms with E-state index in [1.54, 1.807) is 19.2 Å². The van der Waals surface area contributed by atoms with Gasteiger partial charge in [-0.15, -0.1) is 0 Å². The maximum atomic E-state index is 11.7. The first-order valence-corrected chi connectivity index (χ1v) is 9.07. The van der Waals surface area contributed by atoms with E-state index in [-0.39, 0.29) is 5.91 Å². The summed E-state index contributed by atoms with van der Waals surface area (Å²) >= 11 is 0. The zero-order valence-corrected chi connectivity index (χ0v) is 15.9. The average Bonchev–Trinajstić information content (AvgIpc) is 3.23. The van der Waals surface area contributed by atoms with Gasteiger partial charge >= 0.3 is 0 Å². The number of nitrogens with one attached hydrogen (secondary N) is 3. The van der Waals surface area contributed by atoms with Crippen LogP contribution in [0.25, 0.3) is 0 Å². The highest BCUT2D eigenvalue weighted by Gasteiger charge is 2.07. The molecule has 0 fully saturated rings. The number of guanidine groups is 1. The SMILES string of the molecule is CN=C(NCCNC(=O)c1ccco1)NCC(C)COCc1ccccc1. The van der Waals surface area contributed by atoms with Crippen molar-refractivity contribution >= 4 is 11.9 Å². The largest absolute Gasteiger partial charge is 0.459 e. The molecule has 0 bridgehead atoms. The number of rotatable bonds is 10. The predicted molar refractivity (Wildman–Crippen MR) is 106 cm³/mol. The van der Waals surface area contributed by atoms with Gasteiger partial charge in [0.25, 0.3) is 5.91 Å². The van der Waals surface area contributed by atoms with Crippen LogP contribution in [-0.4, -0.2) is 45.2 Å². The third kappa shape index (κ3) is 7.96. The first kappa shape index (κ1) is 20.5. The van der Waals surface area contributed by atoms with Gasteiger partial charge in [-0.25, -0.2) is 0 Å². The lowest BCUT2D eigenvalue weighted by molar-refractivity contribution is 0.0925. The molecular weight excluding hydrogens is 344 g/mol. The lowest BCUT2D eigenvalue weighted by Crippen LogP contribution is -2.43. The van der Waals surface area contributed by atoms with Gasteiger partial charge in [-0.3, -0.25) is 9.79 Å². The minimum Gasteiger partial charge on any atom is -0.459 e. The van der Waals surface area contributed by atoms with E-state index in [4.69, 9.17) is 9.15 Å². The molecule has 27 heavy (non-hydrogen) atoms. The number of hydrogen-bond acceptors (Lipinski definition) is 4. The highest BCUT2D eigenvalue weighted by atomic mass is 16.5. The first-order chi connectivity index (χ1) is 13.2. The molecule has 3 N–H and O–H groups in total. The summed E-state index contributed by atoms with van der Waals surface area (Å²) in [5.41, 5.74) is 1.17. The molecule has 0 aliphatic heterocycles. The minimum absolute atomic E-state index is 0.228.